The number of hydrogen-bond acceptors (Lipinski definition) is 4. The Morgan fingerprint density at radius 2 is 0.759 bits per heavy atom. The summed E-state index contributed by atoms with van der Waals surface area (Å²) < 4.78 is 172. The van der Waals surface area contributed by atoms with Crippen LogP contribution >= 0.6 is 0 Å². The van der Waals surface area contributed by atoms with Crippen LogP contribution in [-0.4, -0.2) is 59.1 Å². The average Bonchev–Trinajstić information content (AvgIpc) is 2.43. The van der Waals surface area contributed by atoms with Gasteiger partial charge in [-0.2, -0.15) is 61.5 Å². The maximum atomic E-state index is 12.6. The van der Waals surface area contributed by atoms with E-state index in [1.165, 1.54) is 0 Å². The summed E-state index contributed by atoms with van der Waals surface area (Å²) in [5.74, 6) is -38.6. The first-order chi connectivity index (χ1) is 12.3. The molecule has 0 spiro atoms. The van der Waals surface area contributed by atoms with E-state index in [9.17, 15) is 71.1 Å². The van der Waals surface area contributed by atoms with E-state index >= 15 is 0 Å². The summed E-state index contributed by atoms with van der Waals surface area (Å²) in [6.45, 7) is 1.08. The van der Waals surface area contributed by atoms with E-state index in [2.05, 4.69) is 0 Å². The van der Waals surface area contributed by atoms with Crippen molar-refractivity contribution in [1.29, 1.82) is 0 Å². The molecule has 0 bridgehead atoms. The van der Waals surface area contributed by atoms with Crippen LogP contribution in [0.5, 0.6) is 0 Å². The van der Waals surface area contributed by atoms with Gasteiger partial charge in [0.1, 0.15) is 0 Å². The van der Waals surface area contributed by atoms with Crippen LogP contribution in [0, 0.1) is 0 Å². The highest BCUT2D eigenvalue weighted by Gasteiger charge is 2.80. The van der Waals surface area contributed by atoms with E-state index in [1.54, 1.807) is 0 Å². The summed E-state index contributed by atoms with van der Waals surface area (Å²) in [7, 11) is 0. The Morgan fingerprint density at radius 3 is 0.897 bits per heavy atom. The van der Waals surface area contributed by atoms with E-state index in [-0.39, 0.29) is 0 Å². The summed E-state index contributed by atoms with van der Waals surface area (Å²) in [5.41, 5.74) is 0. The SMILES string of the molecule is CC(=O)O.O=C(OC(=O)C(F)(F)C(F)(F)C(F)(F)F)C(F)(F)C(F)(F)C(F)(F)F. The van der Waals surface area contributed by atoms with Gasteiger partial charge in [-0.3, -0.25) is 4.79 Å². The van der Waals surface area contributed by atoms with Crippen molar-refractivity contribution in [2.24, 2.45) is 0 Å². The fourth-order valence-corrected chi connectivity index (χ4v) is 0.825. The zero-order valence-corrected chi connectivity index (χ0v) is 12.9. The van der Waals surface area contributed by atoms with Gasteiger partial charge in [-0.1, -0.05) is 0 Å². The van der Waals surface area contributed by atoms with Crippen molar-refractivity contribution in [3.63, 3.8) is 0 Å². The van der Waals surface area contributed by atoms with Crippen molar-refractivity contribution < 1.29 is 85.7 Å². The van der Waals surface area contributed by atoms with Crippen LogP contribution in [0.1, 0.15) is 6.92 Å². The van der Waals surface area contributed by atoms with Gasteiger partial charge in [0.15, 0.2) is 0 Å². The fourth-order valence-electron chi connectivity index (χ4n) is 0.825. The number of carbonyl (C=O) groups excluding carboxylic acids is 2. The highest BCUT2D eigenvalue weighted by molar-refractivity contribution is 5.93. The lowest BCUT2D eigenvalue weighted by atomic mass is 10.1. The molecule has 0 unspecified atom stereocenters. The number of carbonyl (C=O) groups is 3. The van der Waals surface area contributed by atoms with Crippen molar-refractivity contribution in [3.8, 4) is 0 Å². The molecule has 0 amide bonds. The summed E-state index contributed by atoms with van der Waals surface area (Å²) >= 11 is 0. The zero-order chi connectivity index (χ0) is 24.4. The molecule has 0 aromatic carbocycles. The Morgan fingerprint density at radius 1 is 0.586 bits per heavy atom. The molecule has 172 valence electrons. The third kappa shape index (κ3) is 5.81. The quantitative estimate of drug-likeness (QED) is 0.384. The third-order valence-electron chi connectivity index (χ3n) is 2.20. The molecule has 29 heavy (non-hydrogen) atoms. The van der Waals surface area contributed by atoms with Crippen molar-refractivity contribution in [1.82, 2.24) is 0 Å². The van der Waals surface area contributed by atoms with Crippen LogP contribution in [-0.2, 0) is 19.1 Å². The monoisotopic (exact) mass is 470 g/mol. The number of carboxylic acid groups (broad SMARTS) is 1. The molecule has 0 aliphatic rings. The first kappa shape index (κ1) is 28.8. The molecular formula is C10H4F14O5. The van der Waals surface area contributed by atoms with Crippen LogP contribution in [0.15, 0.2) is 0 Å². The normalized spacial score (nSPS) is 13.9. The Balaban J connectivity index is 0. The van der Waals surface area contributed by atoms with Crippen LogP contribution in [0.2, 0.25) is 0 Å². The maximum Gasteiger partial charge on any atom is 0.460 e. The molecule has 0 heterocycles. The summed E-state index contributed by atoms with van der Waals surface area (Å²) in [5, 5.41) is 7.42. The predicted octanol–water partition coefficient (Wildman–Crippen LogP) is 3.81. The number of hydrogen-bond donors (Lipinski definition) is 1. The van der Waals surface area contributed by atoms with Crippen LogP contribution < -0.4 is 0 Å². The third-order valence-corrected chi connectivity index (χ3v) is 2.20. The van der Waals surface area contributed by atoms with Gasteiger partial charge >= 0.3 is 48.0 Å². The zero-order valence-electron chi connectivity index (χ0n) is 12.9. The smallest absolute Gasteiger partial charge is 0.460 e. The molecule has 19 heteroatoms. The average molecular weight is 470 g/mol. The Labute approximate surface area is 148 Å². The standard InChI is InChI=1S/C8F14O3.C2H4O2/c9-3(10,5(13,14)7(17,18)19)1(23)25-2(24)4(11,12)6(15,16)8(20,21)22;1-2(3)4/h;1H3,(H,3,4). The lowest BCUT2D eigenvalue weighted by molar-refractivity contribution is -0.354. The molecular weight excluding hydrogens is 466 g/mol. The molecule has 0 fully saturated rings. The highest BCUT2D eigenvalue weighted by atomic mass is 19.4. The van der Waals surface area contributed by atoms with E-state index in [4.69, 9.17) is 9.90 Å². The first-order valence-electron chi connectivity index (χ1n) is 5.89. The lowest BCUT2D eigenvalue weighted by Gasteiger charge is -2.28. The number of rotatable bonds is 4. The first-order valence-corrected chi connectivity index (χ1v) is 5.89. The van der Waals surface area contributed by atoms with Gasteiger partial charge in [0.25, 0.3) is 5.97 Å². The van der Waals surface area contributed by atoms with Gasteiger partial charge in [0.05, 0.1) is 0 Å². The van der Waals surface area contributed by atoms with Crippen LogP contribution in [0.3, 0.4) is 0 Å². The van der Waals surface area contributed by atoms with Crippen molar-refractivity contribution >= 4 is 17.9 Å². The van der Waals surface area contributed by atoms with Gasteiger partial charge in [-0.15, -0.1) is 0 Å². The van der Waals surface area contributed by atoms with E-state index < -0.39 is 54.0 Å². The summed E-state index contributed by atoms with van der Waals surface area (Å²) in [6, 6.07) is 0. The van der Waals surface area contributed by atoms with Gasteiger partial charge in [-0.05, 0) is 0 Å². The van der Waals surface area contributed by atoms with Crippen LogP contribution in [0.25, 0.3) is 0 Å². The molecule has 0 radical (unpaired) electrons. The molecule has 0 atom stereocenters. The largest absolute Gasteiger partial charge is 0.481 e. The lowest BCUT2D eigenvalue weighted by Crippen LogP contribution is -2.60. The molecule has 1 N–H and O–H groups in total. The van der Waals surface area contributed by atoms with Crippen molar-refractivity contribution in [2.75, 3.05) is 0 Å². The number of carboxylic acids is 1. The number of alkyl halides is 14. The summed E-state index contributed by atoms with van der Waals surface area (Å²) in [6.07, 6.45) is -14.4. The minimum Gasteiger partial charge on any atom is -0.481 e. The van der Waals surface area contributed by atoms with Gasteiger partial charge in [0, 0.05) is 6.92 Å². The fraction of sp³-hybridized carbons (Fsp3) is 0.700. The second-order valence-electron chi connectivity index (χ2n) is 4.49. The molecule has 0 aliphatic carbocycles. The van der Waals surface area contributed by atoms with E-state index in [0.717, 1.165) is 6.92 Å². The van der Waals surface area contributed by atoms with Crippen molar-refractivity contribution in [3.05, 3.63) is 0 Å². The number of halogens is 14. The van der Waals surface area contributed by atoms with Crippen molar-refractivity contribution in [2.45, 2.75) is 43.0 Å². The number of esters is 2. The van der Waals surface area contributed by atoms with E-state index in [1.807, 2.05) is 4.74 Å². The van der Waals surface area contributed by atoms with E-state index in [0.29, 0.717) is 0 Å². The molecule has 0 aromatic heterocycles. The minimum absolute atomic E-state index is 0.833. The molecule has 0 aliphatic heterocycles. The Hall–Kier alpha value is -2.37. The molecule has 0 saturated carbocycles. The number of aliphatic carboxylic acids is 1. The maximum absolute atomic E-state index is 12.6. The predicted molar refractivity (Wildman–Crippen MR) is 56.3 cm³/mol. The topological polar surface area (TPSA) is 80.7 Å². The van der Waals surface area contributed by atoms with Gasteiger partial charge in [0.2, 0.25) is 0 Å². The van der Waals surface area contributed by atoms with Gasteiger partial charge < -0.3 is 9.84 Å². The highest BCUT2D eigenvalue weighted by Crippen LogP contribution is 2.49. The Kier molecular flexibility index (Phi) is 8.12. The molecule has 5 nitrogen and oxygen atoms in total. The summed E-state index contributed by atoms with van der Waals surface area (Å²) in [4.78, 5) is 29.7. The molecule has 0 rings (SSSR count). The Bertz CT molecular complexity index is 580. The molecule has 0 saturated heterocycles. The van der Waals surface area contributed by atoms with Gasteiger partial charge in [-0.25, -0.2) is 9.59 Å². The minimum atomic E-state index is -7.33. The number of ether oxygens (including phenoxy) is 1. The molecule has 0 aromatic rings. The van der Waals surface area contributed by atoms with Crippen LogP contribution in [0.4, 0.5) is 61.5 Å². The second-order valence-corrected chi connectivity index (χ2v) is 4.49. The second kappa shape index (κ2) is 8.17.